The van der Waals surface area contributed by atoms with Gasteiger partial charge in [0.05, 0.1) is 10.9 Å². The zero-order valence-corrected chi connectivity index (χ0v) is 11.2. The Hall–Kier alpha value is -1.52. The molecule has 0 radical (unpaired) electrons. The molecule has 18 heavy (non-hydrogen) atoms. The summed E-state index contributed by atoms with van der Waals surface area (Å²) >= 11 is 7.52. The predicted molar refractivity (Wildman–Crippen MR) is 74.9 cm³/mol. The number of hydrogen-bond acceptors (Lipinski definition) is 4. The highest BCUT2D eigenvalue weighted by atomic mass is 35.5. The van der Waals surface area contributed by atoms with Gasteiger partial charge in [-0.25, -0.2) is 0 Å². The third kappa shape index (κ3) is 2.09. The first-order valence-corrected chi connectivity index (χ1v) is 6.82. The van der Waals surface area contributed by atoms with Crippen LogP contribution in [0.3, 0.4) is 0 Å². The van der Waals surface area contributed by atoms with Gasteiger partial charge in [-0.2, -0.15) is 0 Å². The van der Waals surface area contributed by atoms with E-state index in [0.29, 0.717) is 0 Å². The van der Waals surface area contributed by atoms with E-state index in [1.807, 2.05) is 31.2 Å². The summed E-state index contributed by atoms with van der Waals surface area (Å²) in [5.74, 6) is 0. The van der Waals surface area contributed by atoms with E-state index in [1.54, 1.807) is 6.20 Å². The number of fused-ring (bicyclic) bond motifs is 1. The van der Waals surface area contributed by atoms with Crippen LogP contribution in [-0.4, -0.2) is 15.2 Å². The van der Waals surface area contributed by atoms with Gasteiger partial charge in [0.2, 0.25) is 0 Å². The minimum absolute atomic E-state index is 0.0987. The van der Waals surface area contributed by atoms with Crippen molar-refractivity contribution >= 4 is 33.8 Å². The minimum Gasteiger partial charge on any atom is -0.256 e. The Labute approximate surface area is 113 Å². The Kier molecular flexibility index (Phi) is 2.97. The quantitative estimate of drug-likeness (QED) is 0.662. The second-order valence-electron chi connectivity index (χ2n) is 3.97. The van der Waals surface area contributed by atoms with E-state index in [4.69, 9.17) is 11.6 Å². The molecular weight excluding hydrogens is 266 g/mol. The van der Waals surface area contributed by atoms with Gasteiger partial charge in [0.25, 0.3) is 0 Å². The van der Waals surface area contributed by atoms with E-state index < -0.39 is 0 Å². The first kappa shape index (κ1) is 11.6. The van der Waals surface area contributed by atoms with Crippen molar-refractivity contribution < 1.29 is 0 Å². The number of benzene rings is 1. The Morgan fingerprint density at radius 1 is 1.22 bits per heavy atom. The number of nitrogens with zero attached hydrogens (tertiary/aromatic N) is 3. The second-order valence-corrected chi connectivity index (χ2v) is 5.64. The monoisotopic (exact) mass is 275 g/mol. The fourth-order valence-electron chi connectivity index (χ4n) is 1.72. The highest BCUT2D eigenvalue weighted by molar-refractivity contribution is 7.15. The number of hydrogen-bond donors (Lipinski definition) is 0. The summed E-state index contributed by atoms with van der Waals surface area (Å²) in [6.07, 6.45) is 1.79. The molecule has 90 valence electrons. The van der Waals surface area contributed by atoms with Gasteiger partial charge >= 0.3 is 0 Å². The molecule has 0 aliphatic rings. The molecule has 3 aromatic rings. The topological polar surface area (TPSA) is 38.7 Å². The molecule has 0 spiro atoms. The summed E-state index contributed by atoms with van der Waals surface area (Å²) in [5.41, 5.74) is 2.04. The molecule has 1 atom stereocenters. The van der Waals surface area contributed by atoms with Crippen LogP contribution in [0.25, 0.3) is 21.5 Å². The van der Waals surface area contributed by atoms with E-state index in [1.165, 1.54) is 11.3 Å². The molecule has 1 aromatic carbocycles. The van der Waals surface area contributed by atoms with Gasteiger partial charge in [0.15, 0.2) is 0 Å². The minimum atomic E-state index is -0.0987. The van der Waals surface area contributed by atoms with Crippen molar-refractivity contribution in [2.24, 2.45) is 0 Å². The summed E-state index contributed by atoms with van der Waals surface area (Å²) in [7, 11) is 0. The average Bonchev–Trinajstić information content (AvgIpc) is 2.88. The lowest BCUT2D eigenvalue weighted by molar-refractivity contribution is 0.962. The zero-order valence-electron chi connectivity index (χ0n) is 9.67. The highest BCUT2D eigenvalue weighted by Gasteiger charge is 2.11. The summed E-state index contributed by atoms with van der Waals surface area (Å²) in [6.45, 7) is 1.90. The molecule has 2 heterocycles. The predicted octanol–water partition coefficient (Wildman–Crippen LogP) is 4.05. The normalized spacial score (nSPS) is 12.8. The van der Waals surface area contributed by atoms with Gasteiger partial charge in [-0.15, -0.1) is 21.8 Å². The third-order valence-electron chi connectivity index (χ3n) is 2.63. The van der Waals surface area contributed by atoms with E-state index in [9.17, 15) is 0 Å². The van der Waals surface area contributed by atoms with Gasteiger partial charge < -0.3 is 0 Å². The maximum atomic E-state index is 6.00. The molecule has 0 aliphatic carbocycles. The third-order valence-corrected chi connectivity index (χ3v) is 4.12. The summed E-state index contributed by atoms with van der Waals surface area (Å²) in [4.78, 5) is 4.30. The molecule has 3 nitrogen and oxygen atoms in total. The maximum absolute atomic E-state index is 6.00. The van der Waals surface area contributed by atoms with Crippen molar-refractivity contribution in [2.45, 2.75) is 12.3 Å². The Morgan fingerprint density at radius 3 is 2.89 bits per heavy atom. The van der Waals surface area contributed by atoms with E-state index in [0.717, 1.165) is 26.5 Å². The maximum Gasteiger partial charge on any atom is 0.147 e. The first-order valence-electron chi connectivity index (χ1n) is 5.56. The van der Waals surface area contributed by atoms with Crippen LogP contribution >= 0.6 is 22.9 Å². The van der Waals surface area contributed by atoms with Crippen molar-refractivity contribution in [2.75, 3.05) is 0 Å². The molecule has 0 saturated carbocycles. The lowest BCUT2D eigenvalue weighted by atomic mass is 10.1. The van der Waals surface area contributed by atoms with Crippen LogP contribution in [-0.2, 0) is 0 Å². The van der Waals surface area contributed by atoms with Gasteiger partial charge in [0.1, 0.15) is 10.0 Å². The smallest absolute Gasteiger partial charge is 0.147 e. The van der Waals surface area contributed by atoms with Crippen LogP contribution in [0, 0.1) is 0 Å². The average molecular weight is 276 g/mol. The van der Waals surface area contributed by atoms with Crippen molar-refractivity contribution in [1.82, 2.24) is 15.2 Å². The van der Waals surface area contributed by atoms with E-state index >= 15 is 0 Å². The second kappa shape index (κ2) is 4.63. The molecule has 1 unspecified atom stereocenters. The zero-order chi connectivity index (χ0) is 12.5. The fraction of sp³-hybridized carbons (Fsp3) is 0.154. The largest absolute Gasteiger partial charge is 0.256 e. The van der Waals surface area contributed by atoms with E-state index in [2.05, 4.69) is 21.2 Å². The van der Waals surface area contributed by atoms with Crippen molar-refractivity contribution in [3.05, 3.63) is 41.5 Å². The molecule has 0 amide bonds. The standard InChI is InChI=1S/C13H10ClN3S/c1-8(14)12-16-17-13(18-12)10-4-5-11-9(7-10)3-2-6-15-11/h2-8H,1H3. The van der Waals surface area contributed by atoms with Crippen LogP contribution in [0.4, 0.5) is 0 Å². The fourth-order valence-corrected chi connectivity index (χ4v) is 2.67. The van der Waals surface area contributed by atoms with Crippen LogP contribution < -0.4 is 0 Å². The first-order chi connectivity index (χ1) is 8.74. The van der Waals surface area contributed by atoms with Gasteiger partial charge in [-0.1, -0.05) is 17.4 Å². The summed E-state index contributed by atoms with van der Waals surface area (Å²) < 4.78 is 0. The molecule has 5 heteroatoms. The Balaban J connectivity index is 2.07. The summed E-state index contributed by atoms with van der Waals surface area (Å²) in [6, 6.07) is 10.1. The van der Waals surface area contributed by atoms with Gasteiger partial charge in [0, 0.05) is 17.1 Å². The van der Waals surface area contributed by atoms with Crippen molar-refractivity contribution in [3.8, 4) is 10.6 Å². The van der Waals surface area contributed by atoms with Crippen LogP contribution in [0.2, 0.25) is 0 Å². The molecule has 0 fully saturated rings. The number of alkyl halides is 1. The number of halogens is 1. The van der Waals surface area contributed by atoms with Crippen molar-refractivity contribution in [1.29, 1.82) is 0 Å². The van der Waals surface area contributed by atoms with E-state index in [-0.39, 0.29) is 5.38 Å². The van der Waals surface area contributed by atoms with Crippen LogP contribution in [0.1, 0.15) is 17.3 Å². The van der Waals surface area contributed by atoms with Gasteiger partial charge in [-0.3, -0.25) is 4.98 Å². The highest BCUT2D eigenvalue weighted by Crippen LogP contribution is 2.30. The number of rotatable bonds is 2. The number of aromatic nitrogens is 3. The molecule has 2 aromatic heterocycles. The molecule has 0 N–H and O–H groups in total. The molecule has 0 aliphatic heterocycles. The van der Waals surface area contributed by atoms with Crippen LogP contribution in [0.15, 0.2) is 36.5 Å². The Morgan fingerprint density at radius 2 is 2.11 bits per heavy atom. The van der Waals surface area contributed by atoms with Crippen molar-refractivity contribution in [3.63, 3.8) is 0 Å². The Bertz CT molecular complexity index is 693. The molecule has 0 bridgehead atoms. The molecule has 0 saturated heterocycles. The summed E-state index contributed by atoms with van der Waals surface area (Å²) in [5, 5.41) is 11.0. The lowest BCUT2D eigenvalue weighted by Gasteiger charge is -1.99. The SMILES string of the molecule is CC(Cl)c1nnc(-c2ccc3ncccc3c2)s1. The molecule has 3 rings (SSSR count). The van der Waals surface area contributed by atoms with Gasteiger partial charge in [-0.05, 0) is 31.2 Å². The molecular formula is C13H10ClN3S. The lowest BCUT2D eigenvalue weighted by Crippen LogP contribution is -1.81. The number of pyridine rings is 1. The van der Waals surface area contributed by atoms with Crippen LogP contribution in [0.5, 0.6) is 0 Å².